The molecule has 0 aromatic heterocycles. The first-order valence-electron chi connectivity index (χ1n) is 5.57. The van der Waals surface area contributed by atoms with Gasteiger partial charge in [-0.15, -0.1) is 5.92 Å². The summed E-state index contributed by atoms with van der Waals surface area (Å²) in [6.45, 7) is 4.37. The van der Waals surface area contributed by atoms with Gasteiger partial charge in [0.1, 0.15) is 0 Å². The van der Waals surface area contributed by atoms with Crippen molar-refractivity contribution in [2.45, 2.75) is 47.0 Å². The molecule has 0 aliphatic heterocycles. The molecule has 0 radical (unpaired) electrons. The highest BCUT2D eigenvalue weighted by molar-refractivity contribution is 5.76. The standard InChI is InChI=1S/C12H20N2O2.CH4/c1-3-4-9-14-12(16)8-6-5-7-10-13-11(2)15;/h5-10H2,1-2H3,(H,13,15)(H,14,16);1H4. The lowest BCUT2D eigenvalue weighted by Gasteiger charge is -2.02. The second kappa shape index (κ2) is 12.6. The quantitative estimate of drug-likeness (QED) is 0.523. The van der Waals surface area contributed by atoms with Crippen LogP contribution in [0.5, 0.6) is 0 Å². The van der Waals surface area contributed by atoms with Gasteiger partial charge in [-0.1, -0.05) is 19.8 Å². The van der Waals surface area contributed by atoms with Crippen LogP contribution in [-0.4, -0.2) is 24.9 Å². The Hall–Kier alpha value is -1.50. The molecule has 0 bridgehead atoms. The van der Waals surface area contributed by atoms with Gasteiger partial charge in [0.15, 0.2) is 0 Å². The topological polar surface area (TPSA) is 58.2 Å². The minimum Gasteiger partial charge on any atom is -0.356 e. The Labute approximate surface area is 105 Å². The lowest BCUT2D eigenvalue weighted by Crippen LogP contribution is -2.23. The predicted octanol–water partition coefficient (Wildman–Crippen LogP) is 1.46. The van der Waals surface area contributed by atoms with Gasteiger partial charge >= 0.3 is 0 Å². The van der Waals surface area contributed by atoms with Gasteiger partial charge in [0, 0.05) is 19.9 Å². The molecular weight excluding hydrogens is 216 g/mol. The fourth-order valence-electron chi connectivity index (χ4n) is 1.17. The molecule has 0 aliphatic carbocycles. The maximum absolute atomic E-state index is 11.2. The number of hydrogen-bond acceptors (Lipinski definition) is 2. The zero-order valence-corrected chi connectivity index (χ0v) is 10.1. The van der Waals surface area contributed by atoms with Crippen LogP contribution < -0.4 is 10.6 Å². The zero-order valence-electron chi connectivity index (χ0n) is 10.1. The van der Waals surface area contributed by atoms with Crippen LogP contribution in [-0.2, 0) is 9.59 Å². The molecule has 4 nitrogen and oxygen atoms in total. The number of rotatable bonds is 7. The van der Waals surface area contributed by atoms with Crippen molar-refractivity contribution in [3.05, 3.63) is 0 Å². The van der Waals surface area contributed by atoms with E-state index in [1.807, 2.05) is 0 Å². The molecule has 0 aromatic rings. The highest BCUT2D eigenvalue weighted by Crippen LogP contribution is 1.98. The van der Waals surface area contributed by atoms with Crippen LogP contribution >= 0.6 is 0 Å². The average molecular weight is 240 g/mol. The largest absolute Gasteiger partial charge is 0.356 e. The number of carbonyl (C=O) groups excluding carboxylic acids is 2. The smallest absolute Gasteiger partial charge is 0.220 e. The average Bonchev–Trinajstić information content (AvgIpc) is 2.23. The zero-order chi connectivity index (χ0) is 12.2. The van der Waals surface area contributed by atoms with Crippen LogP contribution in [0.1, 0.15) is 47.0 Å². The Bertz CT molecular complexity index is 277. The van der Waals surface area contributed by atoms with Gasteiger partial charge in [-0.05, 0) is 19.8 Å². The fraction of sp³-hybridized carbons (Fsp3) is 0.692. The molecule has 0 aromatic carbocycles. The maximum Gasteiger partial charge on any atom is 0.220 e. The summed E-state index contributed by atoms with van der Waals surface area (Å²) in [4.78, 5) is 21.8. The van der Waals surface area contributed by atoms with Crippen LogP contribution in [0.4, 0.5) is 0 Å². The second-order valence-corrected chi connectivity index (χ2v) is 3.50. The van der Waals surface area contributed by atoms with E-state index in [9.17, 15) is 9.59 Å². The van der Waals surface area contributed by atoms with Gasteiger partial charge in [0.25, 0.3) is 0 Å². The molecule has 0 unspecified atom stereocenters. The molecule has 98 valence electrons. The minimum absolute atomic E-state index is 0. The Balaban J connectivity index is 0. The second-order valence-electron chi connectivity index (χ2n) is 3.50. The van der Waals surface area contributed by atoms with Gasteiger partial charge in [-0.3, -0.25) is 9.59 Å². The summed E-state index contributed by atoms with van der Waals surface area (Å²) in [7, 11) is 0. The van der Waals surface area contributed by atoms with Gasteiger partial charge in [0.05, 0.1) is 6.54 Å². The third-order valence-electron chi connectivity index (χ3n) is 2.01. The molecule has 0 spiro atoms. The molecule has 0 rings (SSSR count). The third kappa shape index (κ3) is 14.5. The van der Waals surface area contributed by atoms with Gasteiger partial charge in [0.2, 0.25) is 11.8 Å². The molecule has 0 heterocycles. The summed E-state index contributed by atoms with van der Waals surface area (Å²) in [6, 6.07) is 0. The van der Waals surface area contributed by atoms with E-state index in [1.54, 1.807) is 6.92 Å². The van der Waals surface area contributed by atoms with Crippen molar-refractivity contribution in [1.29, 1.82) is 0 Å². The molecule has 4 heteroatoms. The van der Waals surface area contributed by atoms with Gasteiger partial charge in [-0.25, -0.2) is 0 Å². The monoisotopic (exact) mass is 240 g/mol. The molecule has 0 aliphatic rings. The summed E-state index contributed by atoms with van der Waals surface area (Å²) in [5.74, 6) is 5.53. The Morgan fingerprint density at radius 1 is 1.12 bits per heavy atom. The molecule has 2 N–H and O–H groups in total. The first-order chi connectivity index (χ1) is 7.66. The summed E-state index contributed by atoms with van der Waals surface area (Å²) in [5, 5.41) is 5.43. The summed E-state index contributed by atoms with van der Waals surface area (Å²) in [6.07, 6.45) is 3.26. The molecule has 0 atom stereocenters. The van der Waals surface area contributed by atoms with E-state index < -0.39 is 0 Å². The normalized spacial score (nSPS) is 8.35. The summed E-state index contributed by atoms with van der Waals surface area (Å²) < 4.78 is 0. The van der Waals surface area contributed by atoms with Crippen molar-refractivity contribution in [1.82, 2.24) is 10.6 Å². The van der Waals surface area contributed by atoms with Crippen molar-refractivity contribution in [3.63, 3.8) is 0 Å². The molecule has 17 heavy (non-hydrogen) atoms. The van der Waals surface area contributed by atoms with Crippen molar-refractivity contribution in [2.75, 3.05) is 13.1 Å². The summed E-state index contributed by atoms with van der Waals surface area (Å²) in [5.41, 5.74) is 0. The lowest BCUT2D eigenvalue weighted by atomic mass is 10.2. The maximum atomic E-state index is 11.2. The Morgan fingerprint density at radius 3 is 2.41 bits per heavy atom. The highest BCUT2D eigenvalue weighted by Gasteiger charge is 1.99. The van der Waals surface area contributed by atoms with Crippen LogP contribution in [0.15, 0.2) is 0 Å². The highest BCUT2D eigenvalue weighted by atomic mass is 16.2. The minimum atomic E-state index is -0.00381. The Morgan fingerprint density at radius 2 is 1.82 bits per heavy atom. The lowest BCUT2D eigenvalue weighted by molar-refractivity contribution is -0.121. The van der Waals surface area contributed by atoms with Crippen LogP contribution in [0.2, 0.25) is 0 Å². The predicted molar refractivity (Wildman–Crippen MR) is 70.3 cm³/mol. The van der Waals surface area contributed by atoms with Crippen molar-refractivity contribution in [3.8, 4) is 11.8 Å². The van der Waals surface area contributed by atoms with Crippen molar-refractivity contribution < 1.29 is 9.59 Å². The van der Waals surface area contributed by atoms with E-state index in [1.165, 1.54) is 6.92 Å². The van der Waals surface area contributed by atoms with E-state index in [4.69, 9.17) is 0 Å². The van der Waals surface area contributed by atoms with Crippen molar-refractivity contribution >= 4 is 11.8 Å². The van der Waals surface area contributed by atoms with E-state index >= 15 is 0 Å². The van der Waals surface area contributed by atoms with Crippen LogP contribution in [0.3, 0.4) is 0 Å². The van der Waals surface area contributed by atoms with Crippen molar-refractivity contribution in [2.24, 2.45) is 0 Å². The number of unbranched alkanes of at least 4 members (excludes halogenated alkanes) is 2. The number of amides is 2. The third-order valence-corrected chi connectivity index (χ3v) is 2.01. The number of nitrogens with one attached hydrogen (secondary N) is 2. The van der Waals surface area contributed by atoms with Crippen LogP contribution in [0.25, 0.3) is 0 Å². The van der Waals surface area contributed by atoms with E-state index in [-0.39, 0.29) is 19.2 Å². The summed E-state index contributed by atoms with van der Waals surface area (Å²) >= 11 is 0. The first-order valence-corrected chi connectivity index (χ1v) is 5.57. The first kappa shape index (κ1) is 17.9. The molecule has 2 amide bonds. The molecular formula is C13H24N2O2. The molecule has 0 saturated heterocycles. The van der Waals surface area contributed by atoms with Gasteiger partial charge in [-0.2, -0.15) is 0 Å². The Kier molecular flexibility index (Phi) is 13.2. The number of carbonyl (C=O) groups is 2. The van der Waals surface area contributed by atoms with E-state index in [0.717, 1.165) is 19.3 Å². The van der Waals surface area contributed by atoms with Crippen LogP contribution in [0, 0.1) is 11.8 Å². The molecule has 0 saturated carbocycles. The molecule has 0 fully saturated rings. The number of hydrogen-bond donors (Lipinski definition) is 2. The van der Waals surface area contributed by atoms with E-state index in [2.05, 4.69) is 22.5 Å². The van der Waals surface area contributed by atoms with E-state index in [0.29, 0.717) is 19.5 Å². The van der Waals surface area contributed by atoms with Gasteiger partial charge < -0.3 is 10.6 Å². The SMILES string of the molecule is C.CC#CCNC(=O)CCCCCNC(C)=O. The fourth-order valence-corrected chi connectivity index (χ4v) is 1.17.